The Morgan fingerprint density at radius 2 is 1.63 bits per heavy atom. The maximum absolute atomic E-state index is 5.67. The molecule has 0 saturated carbocycles. The summed E-state index contributed by atoms with van der Waals surface area (Å²) in [6.45, 7) is 1.47. The van der Waals surface area contributed by atoms with Crippen molar-refractivity contribution in [2.24, 2.45) is 4.99 Å². The van der Waals surface area contributed by atoms with Gasteiger partial charge in [-0.2, -0.15) is 0 Å². The minimum Gasteiger partial charge on any atom is -0.478 e. The van der Waals surface area contributed by atoms with Gasteiger partial charge in [-0.15, -0.1) is 11.8 Å². The van der Waals surface area contributed by atoms with Crippen LogP contribution in [0, 0.1) is 0 Å². The van der Waals surface area contributed by atoms with Crippen LogP contribution in [0.1, 0.15) is 10.8 Å². The van der Waals surface area contributed by atoms with Crippen LogP contribution in [0.25, 0.3) is 0 Å². The van der Waals surface area contributed by atoms with Crippen molar-refractivity contribution in [1.82, 2.24) is 0 Å². The van der Waals surface area contributed by atoms with Crippen LogP contribution in [0.2, 0.25) is 0 Å². The van der Waals surface area contributed by atoms with Crippen molar-refractivity contribution in [3.63, 3.8) is 0 Å². The molecule has 1 aliphatic rings. The first-order chi connectivity index (χ1) is 9.43. The van der Waals surface area contributed by atoms with E-state index in [2.05, 4.69) is 53.5 Å². The Morgan fingerprint density at radius 3 is 2.26 bits per heavy atom. The zero-order valence-corrected chi connectivity index (χ0v) is 11.3. The Morgan fingerprint density at radius 1 is 0.947 bits per heavy atom. The predicted molar refractivity (Wildman–Crippen MR) is 79.7 cm³/mol. The molecule has 0 saturated heterocycles. The summed E-state index contributed by atoms with van der Waals surface area (Å²) in [5, 5.41) is 0.145. The number of ether oxygens (including phenoxy) is 1. The molecule has 0 N–H and O–H groups in total. The molecule has 3 heteroatoms. The van der Waals surface area contributed by atoms with Crippen molar-refractivity contribution >= 4 is 17.7 Å². The second-order valence-electron chi connectivity index (χ2n) is 4.29. The molecule has 3 rings (SSSR count). The highest BCUT2D eigenvalue weighted by Crippen LogP contribution is 2.37. The normalized spacial score (nSPS) is 15.7. The Kier molecular flexibility index (Phi) is 3.84. The summed E-state index contributed by atoms with van der Waals surface area (Å²) < 4.78 is 5.67. The number of aliphatic imine (C=N–C) groups is 1. The number of hydrogen-bond acceptors (Lipinski definition) is 3. The Balaban J connectivity index is 1.89. The van der Waals surface area contributed by atoms with Gasteiger partial charge in [0.05, 0.1) is 6.54 Å². The second kappa shape index (κ2) is 5.93. The average Bonchev–Trinajstić information content (AvgIpc) is 3.01. The highest BCUT2D eigenvalue weighted by Gasteiger charge is 2.23. The van der Waals surface area contributed by atoms with Crippen molar-refractivity contribution in [3.8, 4) is 0 Å². The third-order valence-corrected chi connectivity index (χ3v) is 4.19. The Labute approximate surface area is 117 Å². The van der Waals surface area contributed by atoms with Gasteiger partial charge in [-0.05, 0) is 17.7 Å². The zero-order chi connectivity index (χ0) is 12.9. The smallest absolute Gasteiger partial charge is 0.201 e. The molecular weight excluding hydrogens is 254 g/mol. The van der Waals surface area contributed by atoms with E-state index in [0.717, 1.165) is 12.4 Å². The standard InChI is InChI=1S/C16H15NOS/c1-3-7-13(8-4-1)15(16-17-11-12-18-16)19-14-9-5-2-6-10-14/h1-10,15H,11-12H2. The summed E-state index contributed by atoms with van der Waals surface area (Å²) in [5.74, 6) is 0.847. The molecule has 19 heavy (non-hydrogen) atoms. The van der Waals surface area contributed by atoms with Crippen molar-refractivity contribution in [2.45, 2.75) is 10.1 Å². The lowest BCUT2D eigenvalue weighted by Gasteiger charge is -2.16. The minimum absolute atomic E-state index is 0.145. The Hall–Kier alpha value is -1.74. The first kappa shape index (κ1) is 12.3. The van der Waals surface area contributed by atoms with Gasteiger partial charge >= 0.3 is 0 Å². The molecule has 2 aromatic rings. The van der Waals surface area contributed by atoms with Crippen LogP contribution in [0.15, 0.2) is 70.6 Å². The molecule has 1 atom stereocenters. The maximum Gasteiger partial charge on any atom is 0.201 e. The molecule has 0 aromatic heterocycles. The van der Waals surface area contributed by atoms with E-state index >= 15 is 0 Å². The molecule has 0 radical (unpaired) electrons. The first-order valence-corrected chi connectivity index (χ1v) is 7.25. The van der Waals surface area contributed by atoms with Crippen molar-refractivity contribution in [2.75, 3.05) is 13.2 Å². The maximum atomic E-state index is 5.67. The summed E-state index contributed by atoms with van der Waals surface area (Å²) in [5.41, 5.74) is 1.23. The van der Waals surface area contributed by atoms with E-state index < -0.39 is 0 Å². The lowest BCUT2D eigenvalue weighted by atomic mass is 10.1. The fourth-order valence-corrected chi connectivity index (χ4v) is 3.16. The van der Waals surface area contributed by atoms with Gasteiger partial charge in [0.1, 0.15) is 11.9 Å². The highest BCUT2D eigenvalue weighted by atomic mass is 32.2. The van der Waals surface area contributed by atoms with Gasteiger partial charge in [0.25, 0.3) is 0 Å². The van der Waals surface area contributed by atoms with E-state index in [9.17, 15) is 0 Å². The van der Waals surface area contributed by atoms with Crippen LogP contribution in [0.3, 0.4) is 0 Å². The van der Waals surface area contributed by atoms with Gasteiger partial charge in [-0.25, -0.2) is 0 Å². The molecule has 1 aliphatic heterocycles. The molecule has 1 unspecified atom stereocenters. The SMILES string of the molecule is c1ccc(SC(C2=NCCO2)c2ccccc2)cc1. The highest BCUT2D eigenvalue weighted by molar-refractivity contribution is 8.00. The van der Waals surface area contributed by atoms with Gasteiger partial charge in [-0.3, -0.25) is 4.99 Å². The molecular formula is C16H15NOS. The number of nitrogens with zero attached hydrogens (tertiary/aromatic N) is 1. The summed E-state index contributed by atoms with van der Waals surface area (Å²) in [7, 11) is 0. The third-order valence-electron chi connectivity index (χ3n) is 2.93. The molecule has 2 aromatic carbocycles. The molecule has 0 aliphatic carbocycles. The fraction of sp³-hybridized carbons (Fsp3) is 0.188. The monoisotopic (exact) mass is 269 g/mol. The van der Waals surface area contributed by atoms with Crippen molar-refractivity contribution in [1.29, 1.82) is 0 Å². The van der Waals surface area contributed by atoms with E-state index in [0.29, 0.717) is 6.61 Å². The number of rotatable bonds is 4. The van der Waals surface area contributed by atoms with Gasteiger partial charge in [0.15, 0.2) is 0 Å². The Bertz CT molecular complexity index is 553. The predicted octanol–water partition coefficient (Wildman–Crippen LogP) is 3.95. The van der Waals surface area contributed by atoms with Crippen LogP contribution < -0.4 is 0 Å². The quantitative estimate of drug-likeness (QED) is 0.784. The number of benzene rings is 2. The van der Waals surface area contributed by atoms with Gasteiger partial charge < -0.3 is 4.74 Å². The van der Waals surface area contributed by atoms with Crippen LogP contribution >= 0.6 is 11.8 Å². The number of hydrogen-bond donors (Lipinski definition) is 0. The fourth-order valence-electron chi connectivity index (χ4n) is 2.03. The van der Waals surface area contributed by atoms with E-state index in [1.165, 1.54) is 10.5 Å². The zero-order valence-electron chi connectivity index (χ0n) is 10.5. The van der Waals surface area contributed by atoms with Crippen LogP contribution in [0.5, 0.6) is 0 Å². The van der Waals surface area contributed by atoms with E-state index in [1.54, 1.807) is 11.8 Å². The largest absolute Gasteiger partial charge is 0.478 e. The molecule has 0 bridgehead atoms. The summed E-state index contributed by atoms with van der Waals surface area (Å²) >= 11 is 1.78. The van der Waals surface area contributed by atoms with E-state index in [1.807, 2.05) is 12.1 Å². The van der Waals surface area contributed by atoms with Gasteiger partial charge in [0, 0.05) is 4.90 Å². The molecule has 0 fully saturated rings. The topological polar surface area (TPSA) is 21.6 Å². The van der Waals surface area contributed by atoms with Crippen LogP contribution in [-0.2, 0) is 4.74 Å². The molecule has 2 nitrogen and oxygen atoms in total. The lowest BCUT2D eigenvalue weighted by Crippen LogP contribution is -2.09. The van der Waals surface area contributed by atoms with Crippen LogP contribution in [-0.4, -0.2) is 19.0 Å². The summed E-state index contributed by atoms with van der Waals surface area (Å²) in [6, 6.07) is 20.8. The molecule has 1 heterocycles. The number of thioether (sulfide) groups is 1. The van der Waals surface area contributed by atoms with Crippen LogP contribution in [0.4, 0.5) is 0 Å². The first-order valence-electron chi connectivity index (χ1n) is 6.37. The average molecular weight is 269 g/mol. The van der Waals surface area contributed by atoms with Crippen molar-refractivity contribution in [3.05, 3.63) is 66.2 Å². The minimum atomic E-state index is 0.145. The van der Waals surface area contributed by atoms with Crippen molar-refractivity contribution < 1.29 is 4.74 Å². The molecule has 0 spiro atoms. The lowest BCUT2D eigenvalue weighted by molar-refractivity contribution is 0.340. The van der Waals surface area contributed by atoms with Gasteiger partial charge in [0.2, 0.25) is 5.90 Å². The van der Waals surface area contributed by atoms with Gasteiger partial charge in [-0.1, -0.05) is 48.5 Å². The summed E-state index contributed by atoms with van der Waals surface area (Å²) in [6.07, 6.45) is 0. The summed E-state index contributed by atoms with van der Waals surface area (Å²) in [4.78, 5) is 5.71. The van der Waals surface area contributed by atoms with E-state index in [4.69, 9.17) is 4.74 Å². The second-order valence-corrected chi connectivity index (χ2v) is 5.47. The third kappa shape index (κ3) is 2.99. The molecule has 96 valence electrons. The van der Waals surface area contributed by atoms with E-state index in [-0.39, 0.29) is 5.25 Å². The molecule has 0 amide bonds.